The molecule has 116 valence electrons. The van der Waals surface area contributed by atoms with Crippen molar-refractivity contribution < 1.29 is 17.9 Å². The van der Waals surface area contributed by atoms with Crippen LogP contribution in [0, 0.1) is 0 Å². The molecule has 0 bridgehead atoms. The predicted molar refractivity (Wildman–Crippen MR) is 76.5 cm³/mol. The molecule has 7 nitrogen and oxygen atoms in total. The molecule has 0 spiro atoms. The topological polar surface area (TPSA) is 88.6 Å². The number of hydrogen-bond donors (Lipinski definition) is 1. The molecule has 1 N–H and O–H groups in total. The Kier molecular flexibility index (Phi) is 5.51. The van der Waals surface area contributed by atoms with Crippen LogP contribution in [0.3, 0.4) is 0 Å². The van der Waals surface area contributed by atoms with Crippen molar-refractivity contribution in [2.45, 2.75) is 11.3 Å². The number of hydrogen-bond acceptors (Lipinski definition) is 5. The molecule has 2 heterocycles. The normalized spacial score (nSPS) is 16.0. The highest BCUT2D eigenvalue weighted by atomic mass is 35.5. The standard InChI is InChI=1S/C12H16ClN3O4S/c13-11-2-1-10(9-14-11)21(18,19)15-4-3-12(17)16-5-7-20-8-6-16/h1-2,9,15H,3-8H2. The Hall–Kier alpha value is -1.22. The number of nitrogens with zero attached hydrogens (tertiary/aromatic N) is 2. The molecule has 0 aromatic carbocycles. The molecule has 0 radical (unpaired) electrons. The van der Waals surface area contributed by atoms with Gasteiger partial charge in [-0.1, -0.05) is 11.6 Å². The number of halogens is 1. The van der Waals surface area contributed by atoms with Crippen LogP contribution in [0.5, 0.6) is 0 Å². The SMILES string of the molecule is O=C(CCNS(=O)(=O)c1ccc(Cl)nc1)N1CCOCC1. The van der Waals surface area contributed by atoms with E-state index in [1.807, 2.05) is 0 Å². The number of ether oxygens (including phenoxy) is 1. The smallest absolute Gasteiger partial charge is 0.242 e. The summed E-state index contributed by atoms with van der Waals surface area (Å²) in [5, 5.41) is 0.219. The maximum absolute atomic E-state index is 12.0. The Balaban J connectivity index is 1.84. The van der Waals surface area contributed by atoms with Gasteiger partial charge in [-0.15, -0.1) is 0 Å². The molecule has 0 atom stereocenters. The number of aromatic nitrogens is 1. The molecule has 1 fully saturated rings. The number of nitrogens with one attached hydrogen (secondary N) is 1. The van der Waals surface area contributed by atoms with Crippen molar-refractivity contribution in [3.05, 3.63) is 23.5 Å². The maximum Gasteiger partial charge on any atom is 0.242 e. The first-order valence-electron chi connectivity index (χ1n) is 6.46. The van der Waals surface area contributed by atoms with E-state index in [-0.39, 0.29) is 28.9 Å². The molecule has 1 saturated heterocycles. The molecule has 0 saturated carbocycles. The van der Waals surface area contributed by atoms with Gasteiger partial charge >= 0.3 is 0 Å². The summed E-state index contributed by atoms with van der Waals surface area (Å²) >= 11 is 5.61. The minimum absolute atomic E-state index is 0.0192. The second-order valence-electron chi connectivity index (χ2n) is 4.46. The van der Waals surface area contributed by atoms with Gasteiger partial charge in [0.25, 0.3) is 0 Å². The summed E-state index contributed by atoms with van der Waals surface area (Å²) in [7, 11) is -3.67. The zero-order valence-electron chi connectivity index (χ0n) is 11.3. The van der Waals surface area contributed by atoms with Gasteiger partial charge in [-0.2, -0.15) is 0 Å². The molecule has 2 rings (SSSR count). The molecule has 1 amide bonds. The summed E-state index contributed by atoms with van der Waals surface area (Å²) in [5.41, 5.74) is 0. The number of rotatable bonds is 5. The second kappa shape index (κ2) is 7.17. The molecule has 1 aliphatic heterocycles. The van der Waals surface area contributed by atoms with Gasteiger partial charge in [0.15, 0.2) is 0 Å². The number of carbonyl (C=O) groups is 1. The van der Waals surface area contributed by atoms with Crippen LogP contribution in [0.15, 0.2) is 23.2 Å². The largest absolute Gasteiger partial charge is 0.378 e. The minimum Gasteiger partial charge on any atom is -0.378 e. The van der Waals surface area contributed by atoms with Crippen molar-refractivity contribution in [2.24, 2.45) is 0 Å². The summed E-state index contributed by atoms with van der Waals surface area (Å²) in [6.45, 7) is 2.18. The van der Waals surface area contributed by atoms with Crippen LogP contribution in [-0.4, -0.2) is 57.1 Å². The van der Waals surface area contributed by atoms with E-state index in [0.29, 0.717) is 26.3 Å². The fraction of sp³-hybridized carbons (Fsp3) is 0.500. The third-order valence-electron chi connectivity index (χ3n) is 3.01. The van der Waals surface area contributed by atoms with Crippen molar-refractivity contribution in [3.63, 3.8) is 0 Å². The number of amides is 1. The highest BCUT2D eigenvalue weighted by Gasteiger charge is 2.18. The van der Waals surface area contributed by atoms with Gasteiger partial charge in [0.1, 0.15) is 10.0 Å². The van der Waals surface area contributed by atoms with Crippen molar-refractivity contribution in [1.82, 2.24) is 14.6 Å². The Morgan fingerprint density at radius 2 is 2.10 bits per heavy atom. The summed E-state index contributed by atoms with van der Waals surface area (Å²) < 4.78 is 31.5. The van der Waals surface area contributed by atoms with Crippen LogP contribution in [0.2, 0.25) is 5.15 Å². The van der Waals surface area contributed by atoms with Crippen LogP contribution in [0.25, 0.3) is 0 Å². The highest BCUT2D eigenvalue weighted by molar-refractivity contribution is 7.89. The van der Waals surface area contributed by atoms with Crippen LogP contribution >= 0.6 is 11.6 Å². The zero-order valence-corrected chi connectivity index (χ0v) is 12.9. The van der Waals surface area contributed by atoms with E-state index in [1.165, 1.54) is 18.3 Å². The summed E-state index contributed by atoms with van der Waals surface area (Å²) in [4.78, 5) is 17.3. The molecular weight excluding hydrogens is 318 g/mol. The first kappa shape index (κ1) is 16.2. The summed E-state index contributed by atoms with van der Waals surface area (Å²) in [5.74, 6) is -0.0877. The van der Waals surface area contributed by atoms with E-state index in [0.717, 1.165) is 0 Å². The highest BCUT2D eigenvalue weighted by Crippen LogP contribution is 2.10. The quantitative estimate of drug-likeness (QED) is 0.781. The second-order valence-corrected chi connectivity index (χ2v) is 6.61. The Bertz CT molecular complexity index is 585. The lowest BCUT2D eigenvalue weighted by Crippen LogP contribution is -2.42. The lowest BCUT2D eigenvalue weighted by molar-refractivity contribution is -0.135. The fourth-order valence-corrected chi connectivity index (χ4v) is 2.96. The van der Waals surface area contributed by atoms with E-state index >= 15 is 0 Å². The van der Waals surface area contributed by atoms with Gasteiger partial charge in [-0.05, 0) is 12.1 Å². The van der Waals surface area contributed by atoms with Crippen molar-refractivity contribution in [2.75, 3.05) is 32.8 Å². The fourth-order valence-electron chi connectivity index (χ4n) is 1.87. The molecule has 1 aromatic heterocycles. The summed E-state index contributed by atoms with van der Waals surface area (Å²) in [6.07, 6.45) is 1.29. The number of pyridine rings is 1. The Labute approximate surface area is 128 Å². The van der Waals surface area contributed by atoms with Gasteiger partial charge in [0, 0.05) is 32.3 Å². The van der Waals surface area contributed by atoms with Gasteiger partial charge < -0.3 is 9.64 Å². The van der Waals surface area contributed by atoms with Crippen molar-refractivity contribution in [1.29, 1.82) is 0 Å². The maximum atomic E-state index is 12.0. The van der Waals surface area contributed by atoms with E-state index in [2.05, 4.69) is 9.71 Å². The minimum atomic E-state index is -3.67. The number of morpholine rings is 1. The van der Waals surface area contributed by atoms with Gasteiger partial charge in [-0.3, -0.25) is 4.79 Å². The van der Waals surface area contributed by atoms with Gasteiger partial charge in [0.05, 0.1) is 13.2 Å². The molecule has 0 unspecified atom stereocenters. The van der Waals surface area contributed by atoms with Crippen LogP contribution in [0.4, 0.5) is 0 Å². The Morgan fingerprint density at radius 1 is 1.38 bits per heavy atom. The van der Waals surface area contributed by atoms with E-state index in [1.54, 1.807) is 4.90 Å². The molecule has 1 aromatic rings. The first-order chi connectivity index (χ1) is 9.99. The first-order valence-corrected chi connectivity index (χ1v) is 8.32. The van der Waals surface area contributed by atoms with Gasteiger partial charge in [-0.25, -0.2) is 18.1 Å². The van der Waals surface area contributed by atoms with Crippen LogP contribution in [-0.2, 0) is 19.6 Å². The Morgan fingerprint density at radius 3 is 2.71 bits per heavy atom. The van der Waals surface area contributed by atoms with Crippen LogP contribution in [0.1, 0.15) is 6.42 Å². The lowest BCUT2D eigenvalue weighted by atomic mass is 10.3. The molecule has 1 aliphatic rings. The average molecular weight is 334 g/mol. The third kappa shape index (κ3) is 4.63. The molecular formula is C12H16ClN3O4S. The number of carbonyl (C=O) groups excluding carboxylic acids is 1. The van der Waals surface area contributed by atoms with Gasteiger partial charge in [0.2, 0.25) is 15.9 Å². The zero-order chi connectivity index (χ0) is 15.3. The van der Waals surface area contributed by atoms with E-state index in [9.17, 15) is 13.2 Å². The van der Waals surface area contributed by atoms with E-state index < -0.39 is 10.0 Å². The lowest BCUT2D eigenvalue weighted by Gasteiger charge is -2.26. The molecule has 9 heteroatoms. The average Bonchev–Trinajstić information content (AvgIpc) is 2.48. The third-order valence-corrected chi connectivity index (χ3v) is 4.68. The van der Waals surface area contributed by atoms with Crippen LogP contribution < -0.4 is 4.72 Å². The predicted octanol–water partition coefficient (Wildman–Crippen LogP) is 0.262. The van der Waals surface area contributed by atoms with Crippen molar-refractivity contribution in [3.8, 4) is 0 Å². The van der Waals surface area contributed by atoms with E-state index in [4.69, 9.17) is 16.3 Å². The molecule has 21 heavy (non-hydrogen) atoms. The molecule has 0 aliphatic carbocycles. The summed E-state index contributed by atoms with van der Waals surface area (Å²) in [6, 6.07) is 2.76. The van der Waals surface area contributed by atoms with Crippen molar-refractivity contribution >= 4 is 27.5 Å². The number of sulfonamides is 1. The monoisotopic (exact) mass is 333 g/mol.